The van der Waals surface area contributed by atoms with Gasteiger partial charge in [0.15, 0.2) is 0 Å². The van der Waals surface area contributed by atoms with Gasteiger partial charge in [-0.25, -0.2) is 13.8 Å². The number of halogens is 2. The van der Waals surface area contributed by atoms with Gasteiger partial charge in [0, 0.05) is 6.20 Å². The molecule has 6 radical (unpaired) electrons. The van der Waals surface area contributed by atoms with Crippen molar-refractivity contribution in [2.24, 2.45) is 0 Å². The number of H-pyrrole nitrogens is 1. The van der Waals surface area contributed by atoms with E-state index in [4.69, 9.17) is 44.9 Å². The van der Waals surface area contributed by atoms with Crippen LogP contribution in [0.1, 0.15) is 0 Å². The zero-order valence-corrected chi connectivity index (χ0v) is 14.1. The lowest BCUT2D eigenvalue weighted by Crippen LogP contribution is -2.60. The summed E-state index contributed by atoms with van der Waals surface area (Å²) < 4.78 is 34.7. The third-order valence-corrected chi connectivity index (χ3v) is 4.30. The number of aliphatic hydroxyl groups excluding tert-OH is 2. The molecule has 1 aliphatic rings. The number of aliphatic hydroxyl groups is 2. The van der Waals surface area contributed by atoms with E-state index in [1.54, 1.807) is 4.98 Å². The number of hydrogen-bond donors (Lipinski definition) is 5. The molecule has 1 fully saturated rings. The van der Waals surface area contributed by atoms with Crippen molar-refractivity contribution in [2.45, 2.75) is 29.1 Å². The SMILES string of the molecule is [B]C([B])(OP(=O)(O)O)[C@@]1(F)O[C@@]([B])(n2cc(Cl)c(=O)[nH]c2=O)[C@H](O)[C@@H]1O. The molecule has 2 heterocycles. The second kappa shape index (κ2) is 6.31. The first kappa shape index (κ1) is 21.4. The minimum Gasteiger partial charge on any atom is -0.386 e. The van der Waals surface area contributed by atoms with Gasteiger partial charge in [-0.3, -0.25) is 18.9 Å². The van der Waals surface area contributed by atoms with Gasteiger partial charge in [0.25, 0.3) is 11.4 Å². The summed E-state index contributed by atoms with van der Waals surface area (Å²) in [6.45, 7) is 0. The monoisotopic (exact) mass is 406 g/mol. The van der Waals surface area contributed by atoms with Gasteiger partial charge in [0.2, 0.25) is 0 Å². The lowest BCUT2D eigenvalue weighted by atomic mass is 9.59. The highest BCUT2D eigenvalue weighted by Gasteiger charge is 2.68. The van der Waals surface area contributed by atoms with E-state index >= 15 is 4.39 Å². The lowest BCUT2D eigenvalue weighted by Gasteiger charge is -2.40. The number of phosphoric acid groups is 1. The maximum Gasteiger partial charge on any atom is 0.468 e. The fourth-order valence-corrected chi connectivity index (χ4v) is 2.92. The zero-order valence-electron chi connectivity index (χ0n) is 12.4. The van der Waals surface area contributed by atoms with Crippen LogP contribution in [-0.2, 0) is 19.4 Å². The van der Waals surface area contributed by atoms with Crippen LogP contribution in [0.4, 0.5) is 4.39 Å². The number of rotatable bonds is 4. The smallest absolute Gasteiger partial charge is 0.386 e. The van der Waals surface area contributed by atoms with Crippen LogP contribution >= 0.6 is 19.4 Å². The van der Waals surface area contributed by atoms with Crippen LogP contribution in [0.3, 0.4) is 0 Å². The van der Waals surface area contributed by atoms with E-state index in [0.717, 1.165) is 0 Å². The van der Waals surface area contributed by atoms with Gasteiger partial charge in [0.1, 0.15) is 46.4 Å². The summed E-state index contributed by atoms with van der Waals surface area (Å²) in [6.07, 6.45) is -4.69. The molecule has 136 valence electrons. The molecule has 0 saturated carbocycles. The molecule has 0 spiro atoms. The average Bonchev–Trinajstić information content (AvgIpc) is 2.63. The fourth-order valence-electron chi connectivity index (χ4n) is 2.26. The van der Waals surface area contributed by atoms with Crippen molar-refractivity contribution in [3.8, 4) is 0 Å². The molecule has 0 unspecified atom stereocenters. The maximum absolute atomic E-state index is 15.1. The molecule has 1 aliphatic heterocycles. The molecular formula is C9H8B3ClFN2O9P. The van der Waals surface area contributed by atoms with Crippen molar-refractivity contribution in [2.75, 3.05) is 0 Å². The first-order chi connectivity index (χ1) is 11.5. The third kappa shape index (κ3) is 3.34. The molecule has 0 aliphatic carbocycles. The van der Waals surface area contributed by atoms with E-state index in [2.05, 4.69) is 9.26 Å². The minimum absolute atomic E-state index is 0.208. The normalized spacial score (nSPS) is 32.7. The molecule has 1 aromatic rings. The Kier molecular flexibility index (Phi) is 5.19. The van der Waals surface area contributed by atoms with Crippen LogP contribution in [0.15, 0.2) is 15.8 Å². The molecule has 1 saturated heterocycles. The second-order valence-electron chi connectivity index (χ2n) is 5.37. The molecule has 0 aromatic carbocycles. The summed E-state index contributed by atoms with van der Waals surface area (Å²) in [5, 5.41) is 15.8. The second-order valence-corrected chi connectivity index (χ2v) is 6.94. The Morgan fingerprint density at radius 1 is 1.38 bits per heavy atom. The molecule has 4 atom stereocenters. The van der Waals surface area contributed by atoms with Crippen LogP contribution in [0.5, 0.6) is 0 Å². The van der Waals surface area contributed by atoms with Gasteiger partial charge in [0.05, 0.1) is 5.40 Å². The summed E-state index contributed by atoms with van der Waals surface area (Å²) in [5.74, 6) is -3.93. The number of ether oxygens (including phenoxy) is 1. The Morgan fingerprint density at radius 2 is 1.92 bits per heavy atom. The first-order valence-corrected chi connectivity index (χ1v) is 8.36. The van der Waals surface area contributed by atoms with Crippen molar-refractivity contribution in [1.82, 2.24) is 9.55 Å². The minimum atomic E-state index is -5.51. The van der Waals surface area contributed by atoms with E-state index in [1.165, 1.54) is 0 Å². The van der Waals surface area contributed by atoms with Crippen LogP contribution in [0, 0.1) is 0 Å². The number of aromatic nitrogens is 2. The molecule has 1 aromatic heterocycles. The number of hydrogen-bond acceptors (Lipinski definition) is 7. The molecule has 17 heteroatoms. The van der Waals surface area contributed by atoms with E-state index in [0.29, 0.717) is 6.20 Å². The highest BCUT2D eigenvalue weighted by molar-refractivity contribution is 7.46. The number of phosphoric ester groups is 1. The molecule has 0 bridgehead atoms. The largest absolute Gasteiger partial charge is 0.468 e. The maximum atomic E-state index is 15.1. The fraction of sp³-hybridized carbons (Fsp3) is 0.556. The van der Waals surface area contributed by atoms with E-state index < -0.39 is 53.2 Å². The van der Waals surface area contributed by atoms with Crippen molar-refractivity contribution in [1.29, 1.82) is 0 Å². The highest BCUT2D eigenvalue weighted by atomic mass is 35.5. The molecule has 2 rings (SSSR count). The van der Waals surface area contributed by atoms with Crippen molar-refractivity contribution < 1.29 is 38.2 Å². The van der Waals surface area contributed by atoms with Crippen LogP contribution in [0.25, 0.3) is 0 Å². The Hall–Kier alpha value is -0.915. The summed E-state index contributed by atoms with van der Waals surface area (Å²) in [5.41, 5.74) is -5.35. The molecule has 11 nitrogen and oxygen atoms in total. The van der Waals surface area contributed by atoms with Gasteiger partial charge in [-0.15, -0.1) is 0 Å². The Balaban J connectivity index is 2.59. The summed E-state index contributed by atoms with van der Waals surface area (Å²) >= 11 is 5.53. The van der Waals surface area contributed by atoms with Gasteiger partial charge >= 0.3 is 13.5 Å². The standard InChI is InChI=1S/C9H8B3ClFN2O9P/c10-8(16-1-2(13)5(19)15-6(16)20)4(18)3(17)7(14,24-8)9(11,12)25-26(21,22)23/h1,3-4,17-18H,(H,15,19,20)(H2,21,22,23)/t3-,4+,7-,8-/m0/s1. The molecule has 0 amide bonds. The number of nitrogens with one attached hydrogen (secondary N) is 1. The van der Waals surface area contributed by atoms with E-state index in [-0.39, 0.29) is 4.57 Å². The predicted octanol–water partition coefficient (Wildman–Crippen LogP) is -3.51. The predicted molar refractivity (Wildman–Crippen MR) is 84.4 cm³/mol. The third-order valence-electron chi connectivity index (χ3n) is 3.49. The topological polar surface area (TPSA) is 171 Å². The van der Waals surface area contributed by atoms with Crippen LogP contribution in [0.2, 0.25) is 5.02 Å². The number of aromatic amines is 1. The van der Waals surface area contributed by atoms with Gasteiger partial charge in [-0.2, -0.15) is 0 Å². The van der Waals surface area contributed by atoms with Gasteiger partial charge in [-0.05, 0) is 0 Å². The first-order valence-electron chi connectivity index (χ1n) is 6.45. The van der Waals surface area contributed by atoms with Crippen LogP contribution in [-0.4, -0.2) is 76.6 Å². The van der Waals surface area contributed by atoms with E-state index in [9.17, 15) is 24.4 Å². The summed E-state index contributed by atoms with van der Waals surface area (Å²) in [4.78, 5) is 42.4. The Bertz CT molecular complexity index is 892. The lowest BCUT2D eigenvalue weighted by molar-refractivity contribution is -0.240. The Labute approximate surface area is 152 Å². The zero-order chi connectivity index (χ0) is 20.3. The Morgan fingerprint density at radius 3 is 2.42 bits per heavy atom. The molecule has 26 heavy (non-hydrogen) atoms. The van der Waals surface area contributed by atoms with Crippen molar-refractivity contribution in [3.05, 3.63) is 32.1 Å². The average molecular weight is 406 g/mol. The van der Waals surface area contributed by atoms with Crippen molar-refractivity contribution >= 4 is 43.0 Å². The highest BCUT2D eigenvalue weighted by Crippen LogP contribution is 2.50. The summed E-state index contributed by atoms with van der Waals surface area (Å²) in [6, 6.07) is 0. The van der Waals surface area contributed by atoms with Gasteiger partial charge < -0.3 is 24.7 Å². The summed E-state index contributed by atoms with van der Waals surface area (Å²) in [7, 11) is 10.4. The van der Waals surface area contributed by atoms with E-state index in [1.807, 2.05) is 0 Å². The van der Waals surface area contributed by atoms with Crippen LogP contribution < -0.4 is 11.2 Å². The molecular weight excluding hydrogens is 398 g/mol. The number of alkyl halides is 1. The molecule has 5 N–H and O–H groups in total. The number of nitrogens with zero attached hydrogens (tertiary/aromatic N) is 1. The van der Waals surface area contributed by atoms with Gasteiger partial charge in [-0.1, -0.05) is 11.6 Å². The quantitative estimate of drug-likeness (QED) is 0.251. The van der Waals surface area contributed by atoms with Crippen molar-refractivity contribution in [3.63, 3.8) is 0 Å².